The third-order valence-corrected chi connectivity index (χ3v) is 6.88. The van der Waals surface area contributed by atoms with Crippen LogP contribution in [0.1, 0.15) is 44.1 Å². The molecule has 2 aromatic rings. The summed E-state index contributed by atoms with van der Waals surface area (Å²) in [5.41, 5.74) is 1.46. The van der Waals surface area contributed by atoms with E-state index in [0.29, 0.717) is 25.2 Å². The summed E-state index contributed by atoms with van der Waals surface area (Å²) >= 11 is 0. The average Bonchev–Trinajstić information content (AvgIpc) is 2.70. The quantitative estimate of drug-likeness (QED) is 0.816. The van der Waals surface area contributed by atoms with Gasteiger partial charge in [0, 0.05) is 18.8 Å². The maximum absolute atomic E-state index is 12.8. The van der Waals surface area contributed by atoms with Crippen LogP contribution < -0.4 is 5.32 Å². The molecule has 3 rings (SSSR count). The number of anilines is 1. The van der Waals surface area contributed by atoms with E-state index in [2.05, 4.69) is 5.32 Å². The highest BCUT2D eigenvalue weighted by Gasteiger charge is 2.26. The van der Waals surface area contributed by atoms with E-state index in [4.69, 9.17) is 0 Å². The van der Waals surface area contributed by atoms with Crippen LogP contribution in [0, 0.1) is 0 Å². The Kier molecular flexibility index (Phi) is 6.29. The molecule has 0 aromatic heterocycles. The van der Waals surface area contributed by atoms with Crippen molar-refractivity contribution >= 4 is 21.6 Å². The Morgan fingerprint density at radius 3 is 2.41 bits per heavy atom. The van der Waals surface area contributed by atoms with Crippen molar-refractivity contribution in [2.75, 3.05) is 18.4 Å². The van der Waals surface area contributed by atoms with Gasteiger partial charge < -0.3 is 5.32 Å². The van der Waals surface area contributed by atoms with Gasteiger partial charge in [-0.3, -0.25) is 4.79 Å². The molecule has 1 N–H and O–H groups in total. The van der Waals surface area contributed by atoms with E-state index in [0.717, 1.165) is 24.8 Å². The van der Waals surface area contributed by atoms with E-state index in [9.17, 15) is 13.2 Å². The topological polar surface area (TPSA) is 66.5 Å². The minimum Gasteiger partial charge on any atom is -0.326 e. The van der Waals surface area contributed by atoms with Gasteiger partial charge in [-0.05, 0) is 43.0 Å². The molecule has 144 valence electrons. The van der Waals surface area contributed by atoms with E-state index in [1.807, 2.05) is 37.3 Å². The normalized spacial score (nSPS) is 16.6. The number of benzene rings is 2. The van der Waals surface area contributed by atoms with Crippen LogP contribution in [0.2, 0.25) is 0 Å². The average molecular weight is 387 g/mol. The minimum absolute atomic E-state index is 0.128. The Hall–Kier alpha value is -2.18. The Labute approximate surface area is 161 Å². The van der Waals surface area contributed by atoms with Gasteiger partial charge in [0.25, 0.3) is 0 Å². The van der Waals surface area contributed by atoms with Crippen molar-refractivity contribution < 1.29 is 13.2 Å². The van der Waals surface area contributed by atoms with Crippen LogP contribution in [0.5, 0.6) is 0 Å². The number of nitrogens with zero attached hydrogens (tertiary/aromatic N) is 1. The Balaban J connectivity index is 1.78. The van der Waals surface area contributed by atoms with Crippen LogP contribution in [0.25, 0.3) is 0 Å². The number of amides is 1. The van der Waals surface area contributed by atoms with Crippen LogP contribution in [0.4, 0.5) is 5.69 Å². The van der Waals surface area contributed by atoms with Gasteiger partial charge >= 0.3 is 0 Å². The SMILES string of the molecule is CC[C@H](C(=O)Nc1cccc(S(=O)(=O)N2CCCCC2)c1)c1ccccc1. The molecule has 1 aliphatic heterocycles. The molecule has 5 nitrogen and oxygen atoms in total. The van der Waals surface area contributed by atoms with Gasteiger partial charge in [-0.15, -0.1) is 0 Å². The zero-order chi connectivity index (χ0) is 19.3. The summed E-state index contributed by atoms with van der Waals surface area (Å²) in [5.74, 6) is -0.398. The van der Waals surface area contributed by atoms with Crippen molar-refractivity contribution in [1.29, 1.82) is 0 Å². The van der Waals surface area contributed by atoms with Crippen molar-refractivity contribution in [1.82, 2.24) is 4.31 Å². The smallest absolute Gasteiger partial charge is 0.243 e. The number of nitrogens with one attached hydrogen (secondary N) is 1. The molecule has 1 aliphatic rings. The van der Waals surface area contributed by atoms with Crippen LogP contribution in [-0.2, 0) is 14.8 Å². The number of carbonyl (C=O) groups excluding carboxylic acids is 1. The van der Waals surface area contributed by atoms with Crippen molar-refractivity contribution in [3.63, 3.8) is 0 Å². The fourth-order valence-electron chi connectivity index (χ4n) is 3.48. The van der Waals surface area contributed by atoms with Crippen molar-refractivity contribution in [3.8, 4) is 0 Å². The molecule has 0 spiro atoms. The molecule has 1 heterocycles. The van der Waals surface area contributed by atoms with E-state index >= 15 is 0 Å². The predicted molar refractivity (Wildman–Crippen MR) is 107 cm³/mol. The lowest BCUT2D eigenvalue weighted by Crippen LogP contribution is -2.35. The molecule has 2 aromatic carbocycles. The first-order valence-electron chi connectivity index (χ1n) is 9.48. The fraction of sp³-hybridized carbons (Fsp3) is 0.381. The molecule has 0 radical (unpaired) electrons. The largest absolute Gasteiger partial charge is 0.326 e. The number of hydrogen-bond donors (Lipinski definition) is 1. The summed E-state index contributed by atoms with van der Waals surface area (Å²) in [6, 6.07) is 16.2. The summed E-state index contributed by atoms with van der Waals surface area (Å²) < 4.78 is 27.2. The summed E-state index contributed by atoms with van der Waals surface area (Å²) in [6.45, 7) is 3.09. The van der Waals surface area contributed by atoms with Crippen molar-refractivity contribution in [2.45, 2.75) is 43.4 Å². The van der Waals surface area contributed by atoms with Gasteiger partial charge in [0.15, 0.2) is 0 Å². The maximum Gasteiger partial charge on any atom is 0.243 e. The molecule has 0 aliphatic carbocycles. The fourth-order valence-corrected chi connectivity index (χ4v) is 5.04. The van der Waals surface area contributed by atoms with Crippen molar-refractivity contribution in [2.24, 2.45) is 0 Å². The van der Waals surface area contributed by atoms with E-state index in [1.165, 1.54) is 4.31 Å². The standard InChI is InChI=1S/C21H26N2O3S/c1-2-20(17-10-5-3-6-11-17)21(24)22-18-12-9-13-19(16-18)27(25,26)23-14-7-4-8-15-23/h3,5-6,9-13,16,20H,2,4,7-8,14-15H2,1H3,(H,22,24)/t20-/m0/s1. The zero-order valence-electron chi connectivity index (χ0n) is 15.6. The molecule has 1 fully saturated rings. The van der Waals surface area contributed by atoms with Gasteiger partial charge in [-0.25, -0.2) is 8.42 Å². The second-order valence-corrected chi connectivity index (χ2v) is 8.79. The molecule has 6 heteroatoms. The van der Waals surface area contributed by atoms with E-state index in [1.54, 1.807) is 24.3 Å². The Bertz CT molecular complexity index is 875. The first-order chi connectivity index (χ1) is 13.0. The molecule has 27 heavy (non-hydrogen) atoms. The third kappa shape index (κ3) is 4.57. The minimum atomic E-state index is -3.52. The molecule has 0 unspecified atom stereocenters. The van der Waals surface area contributed by atoms with Crippen molar-refractivity contribution in [3.05, 3.63) is 60.2 Å². The molecule has 1 amide bonds. The van der Waals surface area contributed by atoms with E-state index < -0.39 is 10.0 Å². The maximum atomic E-state index is 12.8. The second kappa shape index (κ2) is 8.67. The van der Waals surface area contributed by atoms with Crippen LogP contribution in [0.3, 0.4) is 0 Å². The summed E-state index contributed by atoms with van der Waals surface area (Å²) in [7, 11) is -3.52. The highest BCUT2D eigenvalue weighted by molar-refractivity contribution is 7.89. The first kappa shape index (κ1) is 19.6. The number of hydrogen-bond acceptors (Lipinski definition) is 3. The summed E-state index contributed by atoms with van der Waals surface area (Å²) in [5, 5.41) is 2.88. The lowest BCUT2D eigenvalue weighted by Gasteiger charge is -2.26. The predicted octanol–water partition coefficient (Wildman–Crippen LogP) is 3.99. The Morgan fingerprint density at radius 2 is 1.74 bits per heavy atom. The van der Waals surface area contributed by atoms with Gasteiger partial charge in [0.2, 0.25) is 15.9 Å². The van der Waals surface area contributed by atoms with Gasteiger partial charge in [-0.1, -0.05) is 49.7 Å². The van der Waals surface area contributed by atoms with Gasteiger partial charge in [0.1, 0.15) is 0 Å². The second-order valence-electron chi connectivity index (χ2n) is 6.85. The number of sulfonamides is 1. The molecule has 1 saturated heterocycles. The molecule has 0 saturated carbocycles. The highest BCUT2D eigenvalue weighted by atomic mass is 32.2. The summed E-state index contributed by atoms with van der Waals surface area (Å²) in [4.78, 5) is 13.0. The van der Waals surface area contributed by atoms with E-state index in [-0.39, 0.29) is 16.7 Å². The van der Waals surface area contributed by atoms with Crippen LogP contribution in [-0.4, -0.2) is 31.7 Å². The number of piperidine rings is 1. The monoisotopic (exact) mass is 386 g/mol. The number of rotatable bonds is 6. The summed E-state index contributed by atoms with van der Waals surface area (Å²) in [6.07, 6.45) is 3.53. The van der Waals surface area contributed by atoms with Crippen LogP contribution in [0.15, 0.2) is 59.5 Å². The zero-order valence-corrected chi connectivity index (χ0v) is 16.4. The molecule has 0 bridgehead atoms. The van der Waals surface area contributed by atoms with Crippen LogP contribution >= 0.6 is 0 Å². The molecular weight excluding hydrogens is 360 g/mol. The van der Waals surface area contributed by atoms with Gasteiger partial charge in [0.05, 0.1) is 10.8 Å². The van der Waals surface area contributed by atoms with Gasteiger partial charge in [-0.2, -0.15) is 4.31 Å². The molecule has 1 atom stereocenters. The third-order valence-electron chi connectivity index (χ3n) is 4.98. The number of carbonyl (C=O) groups is 1. The lowest BCUT2D eigenvalue weighted by molar-refractivity contribution is -0.117. The first-order valence-corrected chi connectivity index (χ1v) is 10.9. The lowest BCUT2D eigenvalue weighted by atomic mass is 9.95. The Morgan fingerprint density at radius 1 is 1.04 bits per heavy atom. The highest BCUT2D eigenvalue weighted by Crippen LogP contribution is 2.25. The molecular formula is C21H26N2O3S.